The number of rotatable bonds is 2. The zero-order valence-corrected chi connectivity index (χ0v) is 9.39. The molecule has 13 heavy (non-hydrogen) atoms. The summed E-state index contributed by atoms with van der Waals surface area (Å²) in [5.74, 6) is 0.790. The molecule has 0 amide bonds. The highest BCUT2D eigenvalue weighted by molar-refractivity contribution is 9.10. The van der Waals surface area contributed by atoms with E-state index in [1.165, 1.54) is 28.4 Å². The van der Waals surface area contributed by atoms with Crippen LogP contribution in [0.15, 0.2) is 22.7 Å². The third kappa shape index (κ3) is 1.79. The predicted octanol–water partition coefficient (Wildman–Crippen LogP) is 2.38. The van der Waals surface area contributed by atoms with Crippen LogP contribution < -0.4 is 5.32 Å². The van der Waals surface area contributed by atoms with E-state index in [1.54, 1.807) is 0 Å². The second-order valence-electron chi connectivity index (χ2n) is 3.71. The summed E-state index contributed by atoms with van der Waals surface area (Å²) in [4.78, 5) is 0. The molecule has 0 radical (unpaired) electrons. The van der Waals surface area contributed by atoms with Crippen molar-refractivity contribution in [1.29, 1.82) is 0 Å². The first-order chi connectivity index (χ1) is 6.31. The third-order valence-electron chi connectivity index (χ3n) is 2.71. The molecule has 2 heteroatoms. The maximum absolute atomic E-state index is 3.61. The average Bonchev–Trinajstić information content (AvgIpc) is 2.49. The Labute approximate surface area is 87.7 Å². The molecule has 0 saturated heterocycles. The molecule has 0 saturated carbocycles. The van der Waals surface area contributed by atoms with Crippen molar-refractivity contribution >= 4 is 15.9 Å². The summed E-state index contributed by atoms with van der Waals surface area (Å²) in [5.41, 5.74) is 3.04. The van der Waals surface area contributed by atoms with Gasteiger partial charge in [-0.3, -0.25) is 0 Å². The van der Waals surface area contributed by atoms with Gasteiger partial charge in [0.15, 0.2) is 0 Å². The minimum atomic E-state index is 0.790. The van der Waals surface area contributed by atoms with Crippen molar-refractivity contribution in [3.63, 3.8) is 0 Å². The Kier molecular flexibility index (Phi) is 2.70. The maximum Gasteiger partial charge on any atom is 0.0210 e. The Hall–Kier alpha value is -0.340. The Balaban J connectivity index is 2.20. The van der Waals surface area contributed by atoms with E-state index < -0.39 is 0 Å². The zero-order chi connectivity index (χ0) is 9.26. The van der Waals surface area contributed by atoms with E-state index in [9.17, 15) is 0 Å². The second kappa shape index (κ2) is 3.81. The van der Waals surface area contributed by atoms with Crippen LogP contribution in [0, 0.1) is 5.92 Å². The maximum atomic E-state index is 3.61. The third-order valence-corrected chi connectivity index (χ3v) is 3.45. The Morgan fingerprint density at radius 2 is 2.31 bits per heavy atom. The smallest absolute Gasteiger partial charge is 0.0210 e. The summed E-state index contributed by atoms with van der Waals surface area (Å²) in [6.07, 6.45) is 2.45. The van der Waals surface area contributed by atoms with Crippen LogP contribution in [0.1, 0.15) is 11.1 Å². The highest BCUT2D eigenvalue weighted by Crippen LogP contribution is 2.31. The minimum absolute atomic E-state index is 0.790. The Bertz CT molecular complexity index is 309. The molecule has 1 aromatic rings. The SMILES string of the molecule is CNCC1Cc2cccc(Br)c2C1. The van der Waals surface area contributed by atoms with Gasteiger partial charge in [-0.25, -0.2) is 0 Å². The molecule has 70 valence electrons. The predicted molar refractivity (Wildman–Crippen MR) is 59.0 cm³/mol. The van der Waals surface area contributed by atoms with Gasteiger partial charge in [-0.05, 0) is 49.5 Å². The lowest BCUT2D eigenvalue weighted by molar-refractivity contribution is 0.526. The van der Waals surface area contributed by atoms with E-state index in [0.717, 1.165) is 12.5 Å². The highest BCUT2D eigenvalue weighted by Gasteiger charge is 2.21. The van der Waals surface area contributed by atoms with Gasteiger partial charge in [0, 0.05) is 4.47 Å². The van der Waals surface area contributed by atoms with Crippen molar-refractivity contribution in [2.45, 2.75) is 12.8 Å². The van der Waals surface area contributed by atoms with Gasteiger partial charge < -0.3 is 5.32 Å². The fourth-order valence-corrected chi connectivity index (χ4v) is 2.70. The number of hydrogen-bond donors (Lipinski definition) is 1. The van der Waals surface area contributed by atoms with Gasteiger partial charge in [-0.1, -0.05) is 28.1 Å². The summed E-state index contributed by atoms with van der Waals surface area (Å²) in [6.45, 7) is 1.13. The van der Waals surface area contributed by atoms with Crippen LogP contribution in [0.25, 0.3) is 0 Å². The van der Waals surface area contributed by atoms with Crippen molar-refractivity contribution < 1.29 is 0 Å². The molecule has 0 spiro atoms. The van der Waals surface area contributed by atoms with E-state index >= 15 is 0 Å². The van der Waals surface area contributed by atoms with Crippen LogP contribution in [-0.2, 0) is 12.8 Å². The molecule has 1 aliphatic carbocycles. The second-order valence-corrected chi connectivity index (χ2v) is 4.56. The molecule has 0 heterocycles. The highest BCUT2D eigenvalue weighted by atomic mass is 79.9. The number of benzene rings is 1. The van der Waals surface area contributed by atoms with Crippen LogP contribution in [0.5, 0.6) is 0 Å². The van der Waals surface area contributed by atoms with Crippen molar-refractivity contribution in [3.8, 4) is 0 Å². The quantitative estimate of drug-likeness (QED) is 0.836. The molecule has 2 rings (SSSR count). The Morgan fingerprint density at radius 1 is 1.46 bits per heavy atom. The van der Waals surface area contributed by atoms with Crippen LogP contribution in [0.2, 0.25) is 0 Å². The number of fused-ring (bicyclic) bond motifs is 1. The molecule has 0 aliphatic heterocycles. The van der Waals surface area contributed by atoms with Crippen molar-refractivity contribution in [2.75, 3.05) is 13.6 Å². The van der Waals surface area contributed by atoms with Gasteiger partial charge in [0.25, 0.3) is 0 Å². The first-order valence-corrected chi connectivity index (χ1v) is 5.51. The van der Waals surface area contributed by atoms with Gasteiger partial charge in [0.05, 0.1) is 0 Å². The van der Waals surface area contributed by atoms with Gasteiger partial charge in [0.1, 0.15) is 0 Å². The number of halogens is 1. The van der Waals surface area contributed by atoms with Gasteiger partial charge in [-0.2, -0.15) is 0 Å². The molecule has 1 aromatic carbocycles. The summed E-state index contributed by atoms with van der Waals surface area (Å²) < 4.78 is 1.28. The van der Waals surface area contributed by atoms with E-state index in [2.05, 4.69) is 39.4 Å². The van der Waals surface area contributed by atoms with E-state index in [4.69, 9.17) is 0 Å². The zero-order valence-electron chi connectivity index (χ0n) is 7.81. The summed E-state index contributed by atoms with van der Waals surface area (Å²) >= 11 is 3.61. The van der Waals surface area contributed by atoms with Crippen molar-refractivity contribution in [1.82, 2.24) is 5.32 Å². The molecule has 1 N–H and O–H groups in total. The Morgan fingerprint density at radius 3 is 3.00 bits per heavy atom. The lowest BCUT2D eigenvalue weighted by Gasteiger charge is -2.06. The molecular weight excluding hydrogens is 226 g/mol. The van der Waals surface area contributed by atoms with Crippen LogP contribution >= 0.6 is 15.9 Å². The van der Waals surface area contributed by atoms with Gasteiger partial charge >= 0.3 is 0 Å². The molecule has 0 aromatic heterocycles. The van der Waals surface area contributed by atoms with Crippen LogP contribution in [-0.4, -0.2) is 13.6 Å². The van der Waals surface area contributed by atoms with Crippen LogP contribution in [0.4, 0.5) is 0 Å². The number of hydrogen-bond acceptors (Lipinski definition) is 1. The van der Waals surface area contributed by atoms with Gasteiger partial charge in [-0.15, -0.1) is 0 Å². The van der Waals surface area contributed by atoms with Crippen molar-refractivity contribution in [3.05, 3.63) is 33.8 Å². The molecule has 1 unspecified atom stereocenters. The standard InChI is InChI=1S/C11H14BrN/c1-13-7-8-5-9-3-2-4-11(12)10(9)6-8/h2-4,8,13H,5-7H2,1H3. The molecule has 1 nitrogen and oxygen atoms in total. The van der Waals surface area contributed by atoms with E-state index in [-0.39, 0.29) is 0 Å². The first-order valence-electron chi connectivity index (χ1n) is 4.72. The fraction of sp³-hybridized carbons (Fsp3) is 0.455. The average molecular weight is 240 g/mol. The van der Waals surface area contributed by atoms with Crippen LogP contribution in [0.3, 0.4) is 0 Å². The molecule has 0 bridgehead atoms. The summed E-state index contributed by atoms with van der Waals surface area (Å²) in [5, 5.41) is 3.25. The lowest BCUT2D eigenvalue weighted by atomic mass is 10.1. The van der Waals surface area contributed by atoms with Crippen molar-refractivity contribution in [2.24, 2.45) is 5.92 Å². The molecule has 1 atom stereocenters. The molecular formula is C11H14BrN. The lowest BCUT2D eigenvalue weighted by Crippen LogP contribution is -2.18. The minimum Gasteiger partial charge on any atom is -0.319 e. The molecule has 1 aliphatic rings. The first kappa shape index (κ1) is 9.22. The van der Waals surface area contributed by atoms with Gasteiger partial charge in [0.2, 0.25) is 0 Å². The largest absolute Gasteiger partial charge is 0.319 e. The topological polar surface area (TPSA) is 12.0 Å². The summed E-state index contributed by atoms with van der Waals surface area (Å²) in [7, 11) is 2.03. The van der Waals surface area contributed by atoms with E-state index in [1.807, 2.05) is 7.05 Å². The normalized spacial score (nSPS) is 20.3. The fourth-order valence-electron chi connectivity index (χ4n) is 2.13. The van der Waals surface area contributed by atoms with E-state index in [0.29, 0.717) is 0 Å². The number of nitrogens with one attached hydrogen (secondary N) is 1. The molecule has 0 fully saturated rings. The summed E-state index contributed by atoms with van der Waals surface area (Å²) in [6, 6.07) is 6.51. The monoisotopic (exact) mass is 239 g/mol.